The third-order valence-electron chi connectivity index (χ3n) is 3.13. The van der Waals surface area contributed by atoms with Gasteiger partial charge in [0.1, 0.15) is 6.04 Å². The average molecular weight is 328 g/mol. The summed E-state index contributed by atoms with van der Waals surface area (Å²) < 4.78 is 0. The molecular formula is C14H18ClN3O2S. The largest absolute Gasteiger partial charge is 0.346 e. The Kier molecular flexibility index (Phi) is 5.50. The van der Waals surface area contributed by atoms with E-state index >= 15 is 0 Å². The number of hydrogen-bond acceptors (Lipinski definition) is 4. The average Bonchev–Trinajstić information content (AvgIpc) is 2.85. The molecule has 5 nitrogen and oxygen atoms in total. The Bertz CT molecular complexity index is 521. The standard InChI is InChI=1S/C14H18ClN3O2S/c1-18(2)7-11(9-3-5-10(15)6-4-9)16-13(19)12-8-21-14(20)17-12/h3-6,11-12H,7-8H2,1-2H3,(H,16,19)(H,17,20)/t11-,12+/m0/s1. The van der Waals surface area contributed by atoms with Gasteiger partial charge >= 0.3 is 0 Å². The number of thioether (sulfide) groups is 1. The number of nitrogens with one attached hydrogen (secondary N) is 2. The lowest BCUT2D eigenvalue weighted by Crippen LogP contribution is -2.46. The molecule has 2 N–H and O–H groups in total. The van der Waals surface area contributed by atoms with Crippen molar-refractivity contribution in [3.05, 3.63) is 34.9 Å². The third kappa shape index (κ3) is 4.62. The minimum absolute atomic E-state index is 0.146. The van der Waals surface area contributed by atoms with E-state index in [1.54, 1.807) is 12.1 Å². The van der Waals surface area contributed by atoms with Crippen LogP contribution in [0.15, 0.2) is 24.3 Å². The van der Waals surface area contributed by atoms with Gasteiger partial charge < -0.3 is 15.5 Å². The normalized spacial score (nSPS) is 19.4. The molecule has 21 heavy (non-hydrogen) atoms. The molecule has 1 heterocycles. The Morgan fingerprint density at radius 2 is 2.14 bits per heavy atom. The lowest BCUT2D eigenvalue weighted by Gasteiger charge is -2.24. The molecule has 2 rings (SSSR count). The molecule has 114 valence electrons. The zero-order chi connectivity index (χ0) is 15.4. The summed E-state index contributed by atoms with van der Waals surface area (Å²) in [6, 6.07) is 6.81. The number of hydrogen-bond donors (Lipinski definition) is 2. The fourth-order valence-electron chi connectivity index (χ4n) is 2.09. The highest BCUT2D eigenvalue weighted by atomic mass is 35.5. The molecular weight excluding hydrogens is 310 g/mol. The monoisotopic (exact) mass is 327 g/mol. The molecule has 1 aliphatic rings. The van der Waals surface area contributed by atoms with Crippen LogP contribution in [-0.4, -0.2) is 48.5 Å². The number of amides is 2. The summed E-state index contributed by atoms with van der Waals surface area (Å²) in [4.78, 5) is 25.4. The second kappa shape index (κ2) is 7.15. The van der Waals surface area contributed by atoms with E-state index in [0.29, 0.717) is 17.3 Å². The van der Waals surface area contributed by atoms with Crippen molar-refractivity contribution < 1.29 is 9.59 Å². The zero-order valence-corrected chi connectivity index (χ0v) is 13.5. The van der Waals surface area contributed by atoms with Crippen LogP contribution >= 0.6 is 23.4 Å². The zero-order valence-electron chi connectivity index (χ0n) is 11.9. The van der Waals surface area contributed by atoms with Gasteiger partial charge in [-0.3, -0.25) is 9.59 Å². The fourth-order valence-corrected chi connectivity index (χ4v) is 3.00. The van der Waals surface area contributed by atoms with Gasteiger partial charge in [0, 0.05) is 17.3 Å². The van der Waals surface area contributed by atoms with Crippen molar-refractivity contribution in [2.24, 2.45) is 0 Å². The van der Waals surface area contributed by atoms with Gasteiger partial charge in [-0.1, -0.05) is 35.5 Å². The van der Waals surface area contributed by atoms with Gasteiger partial charge in [-0.25, -0.2) is 0 Å². The lowest BCUT2D eigenvalue weighted by molar-refractivity contribution is -0.123. The van der Waals surface area contributed by atoms with Gasteiger partial charge in [0.05, 0.1) is 6.04 Å². The van der Waals surface area contributed by atoms with Crippen molar-refractivity contribution in [1.29, 1.82) is 0 Å². The lowest BCUT2D eigenvalue weighted by atomic mass is 10.1. The van der Waals surface area contributed by atoms with Crippen molar-refractivity contribution in [3.8, 4) is 0 Å². The summed E-state index contributed by atoms with van der Waals surface area (Å²) >= 11 is 7.03. The SMILES string of the molecule is CN(C)C[C@H](NC(=O)[C@H]1CSC(=O)N1)c1ccc(Cl)cc1. The molecule has 2 amide bonds. The van der Waals surface area contributed by atoms with E-state index in [-0.39, 0.29) is 17.2 Å². The number of nitrogens with zero attached hydrogens (tertiary/aromatic N) is 1. The second-order valence-electron chi connectivity index (χ2n) is 5.17. The van der Waals surface area contributed by atoms with E-state index in [1.807, 2.05) is 31.1 Å². The first-order valence-corrected chi connectivity index (χ1v) is 7.96. The van der Waals surface area contributed by atoms with Gasteiger partial charge in [-0.2, -0.15) is 0 Å². The molecule has 0 bridgehead atoms. The van der Waals surface area contributed by atoms with Gasteiger partial charge in [0.2, 0.25) is 5.91 Å². The first-order chi connectivity index (χ1) is 9.95. The van der Waals surface area contributed by atoms with Crippen molar-refractivity contribution in [3.63, 3.8) is 0 Å². The van der Waals surface area contributed by atoms with Crippen LogP contribution in [0.4, 0.5) is 4.79 Å². The number of carbonyl (C=O) groups is 2. The number of rotatable bonds is 5. The van der Waals surface area contributed by atoms with Gasteiger partial charge in [-0.15, -0.1) is 0 Å². The second-order valence-corrected chi connectivity index (χ2v) is 6.60. The molecule has 0 unspecified atom stereocenters. The number of likely N-dealkylation sites (N-methyl/N-ethyl adjacent to an activating group) is 1. The predicted molar refractivity (Wildman–Crippen MR) is 85.7 cm³/mol. The molecule has 2 atom stereocenters. The van der Waals surface area contributed by atoms with Gasteiger partial charge in [-0.05, 0) is 31.8 Å². The van der Waals surface area contributed by atoms with Crippen molar-refractivity contribution in [2.45, 2.75) is 12.1 Å². The molecule has 0 saturated carbocycles. The van der Waals surface area contributed by atoms with Crippen LogP contribution in [0.2, 0.25) is 5.02 Å². The topological polar surface area (TPSA) is 61.4 Å². The highest BCUT2D eigenvalue weighted by Gasteiger charge is 2.29. The van der Waals surface area contributed by atoms with E-state index in [1.165, 1.54) is 0 Å². The molecule has 1 aromatic rings. The summed E-state index contributed by atoms with van der Waals surface area (Å²) in [5, 5.41) is 6.16. The molecule has 7 heteroatoms. The van der Waals surface area contributed by atoms with Crippen LogP contribution in [0, 0.1) is 0 Å². The summed E-state index contributed by atoms with van der Waals surface area (Å²) in [6.45, 7) is 0.668. The number of halogens is 1. The Balaban J connectivity index is 2.07. The molecule has 0 spiro atoms. The highest BCUT2D eigenvalue weighted by Crippen LogP contribution is 2.19. The highest BCUT2D eigenvalue weighted by molar-refractivity contribution is 8.14. The molecule has 1 saturated heterocycles. The van der Waals surface area contributed by atoms with Gasteiger partial charge in [0.25, 0.3) is 5.24 Å². The van der Waals surface area contributed by atoms with E-state index in [2.05, 4.69) is 10.6 Å². The smallest absolute Gasteiger partial charge is 0.279 e. The quantitative estimate of drug-likeness (QED) is 0.867. The van der Waals surface area contributed by atoms with E-state index < -0.39 is 6.04 Å². The van der Waals surface area contributed by atoms with E-state index in [4.69, 9.17) is 11.6 Å². The Morgan fingerprint density at radius 1 is 1.48 bits per heavy atom. The minimum Gasteiger partial charge on any atom is -0.346 e. The Labute approximate surface area is 133 Å². The van der Waals surface area contributed by atoms with Crippen molar-refractivity contribution in [1.82, 2.24) is 15.5 Å². The van der Waals surface area contributed by atoms with Crippen LogP contribution in [-0.2, 0) is 4.79 Å². The van der Waals surface area contributed by atoms with Crippen LogP contribution < -0.4 is 10.6 Å². The van der Waals surface area contributed by atoms with Crippen LogP contribution in [0.25, 0.3) is 0 Å². The third-order valence-corrected chi connectivity index (χ3v) is 4.26. The Hall–Kier alpha value is -1.24. The molecule has 1 aliphatic heterocycles. The van der Waals surface area contributed by atoms with Crippen LogP contribution in [0.5, 0.6) is 0 Å². The number of benzene rings is 1. The molecule has 0 aromatic heterocycles. The first-order valence-electron chi connectivity index (χ1n) is 6.59. The summed E-state index contributed by atoms with van der Waals surface area (Å²) in [5.41, 5.74) is 0.985. The van der Waals surface area contributed by atoms with E-state index in [0.717, 1.165) is 17.3 Å². The minimum atomic E-state index is -0.459. The fraction of sp³-hybridized carbons (Fsp3) is 0.429. The van der Waals surface area contributed by atoms with Crippen LogP contribution in [0.1, 0.15) is 11.6 Å². The summed E-state index contributed by atoms with van der Waals surface area (Å²) in [6.07, 6.45) is 0. The maximum absolute atomic E-state index is 12.2. The predicted octanol–water partition coefficient (Wildman–Crippen LogP) is 1.88. The van der Waals surface area contributed by atoms with Gasteiger partial charge in [0.15, 0.2) is 0 Å². The summed E-state index contributed by atoms with van der Waals surface area (Å²) in [5.74, 6) is 0.315. The van der Waals surface area contributed by atoms with Crippen molar-refractivity contribution in [2.75, 3.05) is 26.4 Å². The Morgan fingerprint density at radius 3 is 2.67 bits per heavy atom. The maximum atomic E-state index is 12.2. The van der Waals surface area contributed by atoms with Crippen LogP contribution in [0.3, 0.4) is 0 Å². The molecule has 0 aliphatic carbocycles. The molecule has 0 radical (unpaired) electrons. The summed E-state index contributed by atoms with van der Waals surface area (Å²) in [7, 11) is 3.89. The number of carbonyl (C=O) groups excluding carboxylic acids is 2. The molecule has 1 aromatic carbocycles. The maximum Gasteiger partial charge on any atom is 0.279 e. The first kappa shape index (κ1) is 16.1. The van der Waals surface area contributed by atoms with Crippen molar-refractivity contribution >= 4 is 34.5 Å². The molecule has 1 fully saturated rings. The van der Waals surface area contributed by atoms with E-state index in [9.17, 15) is 9.59 Å².